The summed E-state index contributed by atoms with van der Waals surface area (Å²) in [6.07, 6.45) is 2.01. The van der Waals surface area contributed by atoms with E-state index >= 15 is 0 Å². The van der Waals surface area contributed by atoms with E-state index in [0.717, 1.165) is 11.3 Å². The Kier molecular flexibility index (Phi) is 4.68. The van der Waals surface area contributed by atoms with Crippen LogP contribution in [0.3, 0.4) is 0 Å². The van der Waals surface area contributed by atoms with E-state index in [1.807, 2.05) is 48.1 Å². The lowest BCUT2D eigenvalue weighted by atomic mass is 9.92. The molecule has 0 N–H and O–H groups in total. The van der Waals surface area contributed by atoms with Crippen molar-refractivity contribution in [3.05, 3.63) is 52.3 Å². The Morgan fingerprint density at radius 3 is 2.68 bits per heavy atom. The highest BCUT2D eigenvalue weighted by Crippen LogP contribution is 2.34. The van der Waals surface area contributed by atoms with Crippen molar-refractivity contribution in [3.8, 4) is 5.75 Å². The second-order valence-electron chi connectivity index (χ2n) is 4.01. The van der Waals surface area contributed by atoms with Gasteiger partial charge in [0.05, 0.1) is 19.3 Å². The molecule has 1 aliphatic rings. The summed E-state index contributed by atoms with van der Waals surface area (Å²) in [5, 5.41) is 3.84. The molecule has 0 saturated carbocycles. The first kappa shape index (κ1) is 13.7. The molecule has 1 aromatic carbocycles. The van der Waals surface area contributed by atoms with Crippen LogP contribution in [0.4, 0.5) is 0 Å². The fourth-order valence-electron chi connectivity index (χ4n) is 1.90. The highest BCUT2D eigenvalue weighted by molar-refractivity contribution is 8.05. The molecule has 100 valence electrons. The van der Waals surface area contributed by atoms with E-state index in [1.165, 1.54) is 11.8 Å². The van der Waals surface area contributed by atoms with Crippen LogP contribution in [-0.4, -0.2) is 19.7 Å². The number of esters is 1. The van der Waals surface area contributed by atoms with Gasteiger partial charge in [-0.15, -0.1) is 11.8 Å². The van der Waals surface area contributed by atoms with Crippen LogP contribution in [0.5, 0.6) is 5.75 Å². The largest absolute Gasteiger partial charge is 0.497 e. The monoisotopic (exact) mass is 276 g/mol. The SMILES string of the molecule is CCOC(=O)C1=CSC=CC1c1ccc(OC)cc1. The van der Waals surface area contributed by atoms with Gasteiger partial charge < -0.3 is 9.47 Å². The van der Waals surface area contributed by atoms with Crippen LogP contribution >= 0.6 is 11.8 Å². The van der Waals surface area contributed by atoms with E-state index in [1.54, 1.807) is 7.11 Å². The summed E-state index contributed by atoms with van der Waals surface area (Å²) < 4.78 is 10.2. The highest BCUT2D eigenvalue weighted by Gasteiger charge is 2.23. The van der Waals surface area contributed by atoms with Gasteiger partial charge in [0.15, 0.2) is 0 Å². The maximum atomic E-state index is 11.9. The molecule has 3 nitrogen and oxygen atoms in total. The smallest absolute Gasteiger partial charge is 0.335 e. The Labute approximate surface area is 117 Å². The standard InChI is InChI=1S/C15H16O3S/c1-3-18-15(16)14-10-19-9-8-13(14)11-4-6-12(17-2)7-5-11/h4-10,13H,3H2,1-2H3. The Morgan fingerprint density at radius 1 is 1.32 bits per heavy atom. The first-order valence-corrected chi connectivity index (χ1v) is 7.03. The normalized spacial score (nSPS) is 17.8. The molecule has 0 spiro atoms. The van der Waals surface area contributed by atoms with Gasteiger partial charge in [0.1, 0.15) is 5.75 Å². The number of carbonyl (C=O) groups is 1. The lowest BCUT2D eigenvalue weighted by molar-refractivity contribution is -0.138. The van der Waals surface area contributed by atoms with Crippen molar-refractivity contribution in [2.75, 3.05) is 13.7 Å². The van der Waals surface area contributed by atoms with Crippen LogP contribution in [0.15, 0.2) is 46.7 Å². The zero-order chi connectivity index (χ0) is 13.7. The van der Waals surface area contributed by atoms with Gasteiger partial charge in [-0.05, 0) is 35.4 Å². The molecule has 0 radical (unpaired) electrons. The van der Waals surface area contributed by atoms with Gasteiger partial charge in [-0.25, -0.2) is 4.79 Å². The average Bonchev–Trinajstić information content (AvgIpc) is 2.47. The van der Waals surface area contributed by atoms with Crippen molar-refractivity contribution in [2.45, 2.75) is 12.8 Å². The quantitative estimate of drug-likeness (QED) is 0.789. The maximum Gasteiger partial charge on any atom is 0.335 e. The first-order valence-electron chi connectivity index (χ1n) is 6.09. The van der Waals surface area contributed by atoms with Crippen molar-refractivity contribution in [1.29, 1.82) is 0 Å². The number of benzene rings is 1. The van der Waals surface area contributed by atoms with E-state index in [0.29, 0.717) is 12.2 Å². The van der Waals surface area contributed by atoms with Crippen LogP contribution in [-0.2, 0) is 9.53 Å². The summed E-state index contributed by atoms with van der Waals surface area (Å²) in [6, 6.07) is 7.73. The lowest BCUT2D eigenvalue weighted by Gasteiger charge is -2.19. The molecular formula is C15H16O3S. The Bertz CT molecular complexity index is 503. The van der Waals surface area contributed by atoms with Crippen LogP contribution in [0, 0.1) is 0 Å². The molecule has 1 aliphatic heterocycles. The van der Waals surface area contributed by atoms with Crippen molar-refractivity contribution in [2.24, 2.45) is 0 Å². The number of hydrogen-bond donors (Lipinski definition) is 0. The molecule has 0 bridgehead atoms. The average molecular weight is 276 g/mol. The zero-order valence-corrected chi connectivity index (χ0v) is 11.8. The third-order valence-electron chi connectivity index (χ3n) is 2.87. The van der Waals surface area contributed by atoms with Crippen molar-refractivity contribution in [3.63, 3.8) is 0 Å². The maximum absolute atomic E-state index is 11.9. The van der Waals surface area contributed by atoms with Gasteiger partial charge in [0.2, 0.25) is 0 Å². The van der Waals surface area contributed by atoms with E-state index in [9.17, 15) is 4.79 Å². The molecule has 0 aliphatic carbocycles. The summed E-state index contributed by atoms with van der Waals surface area (Å²) in [5.41, 5.74) is 1.73. The number of thioether (sulfide) groups is 1. The van der Waals surface area contributed by atoms with Crippen molar-refractivity contribution >= 4 is 17.7 Å². The Hall–Kier alpha value is -1.68. The number of rotatable bonds is 4. The number of hydrogen-bond acceptors (Lipinski definition) is 4. The third kappa shape index (κ3) is 3.20. The van der Waals surface area contributed by atoms with E-state index in [-0.39, 0.29) is 11.9 Å². The second-order valence-corrected chi connectivity index (χ2v) is 4.79. The zero-order valence-electron chi connectivity index (χ0n) is 11.0. The molecule has 19 heavy (non-hydrogen) atoms. The molecule has 1 atom stereocenters. The van der Waals surface area contributed by atoms with Crippen LogP contribution in [0.2, 0.25) is 0 Å². The predicted octanol–water partition coefficient (Wildman–Crippen LogP) is 3.49. The molecule has 0 amide bonds. The third-order valence-corrected chi connectivity index (χ3v) is 3.57. The number of ether oxygens (including phenoxy) is 2. The molecular weight excluding hydrogens is 260 g/mol. The number of allylic oxidation sites excluding steroid dienone is 1. The lowest BCUT2D eigenvalue weighted by Crippen LogP contribution is -2.14. The van der Waals surface area contributed by atoms with Gasteiger partial charge in [-0.3, -0.25) is 0 Å². The summed E-state index contributed by atoms with van der Waals surface area (Å²) in [4.78, 5) is 11.9. The minimum atomic E-state index is -0.250. The van der Waals surface area contributed by atoms with Gasteiger partial charge in [-0.1, -0.05) is 18.2 Å². The molecule has 0 saturated heterocycles. The van der Waals surface area contributed by atoms with E-state index in [4.69, 9.17) is 9.47 Å². The van der Waals surface area contributed by atoms with Gasteiger partial charge in [-0.2, -0.15) is 0 Å². The number of carbonyl (C=O) groups excluding carboxylic acids is 1. The predicted molar refractivity (Wildman–Crippen MR) is 77.2 cm³/mol. The number of methoxy groups -OCH3 is 1. The first-order chi connectivity index (χ1) is 9.26. The Balaban J connectivity index is 2.24. The topological polar surface area (TPSA) is 35.5 Å². The molecule has 1 heterocycles. The molecule has 0 fully saturated rings. The van der Waals surface area contributed by atoms with E-state index in [2.05, 4.69) is 0 Å². The fraction of sp³-hybridized carbons (Fsp3) is 0.267. The Morgan fingerprint density at radius 2 is 2.05 bits per heavy atom. The summed E-state index contributed by atoms with van der Waals surface area (Å²) in [5.74, 6) is 0.506. The van der Waals surface area contributed by atoms with Gasteiger partial charge >= 0.3 is 5.97 Å². The van der Waals surface area contributed by atoms with Crippen LogP contribution < -0.4 is 4.74 Å². The summed E-state index contributed by atoms with van der Waals surface area (Å²) in [7, 11) is 1.64. The van der Waals surface area contributed by atoms with E-state index < -0.39 is 0 Å². The summed E-state index contributed by atoms with van der Waals surface area (Å²) >= 11 is 1.50. The fourth-order valence-corrected chi connectivity index (χ4v) is 2.62. The highest BCUT2D eigenvalue weighted by atomic mass is 32.2. The molecule has 0 aromatic heterocycles. The van der Waals surface area contributed by atoms with Gasteiger partial charge in [0.25, 0.3) is 0 Å². The van der Waals surface area contributed by atoms with Crippen LogP contribution in [0.25, 0.3) is 0 Å². The minimum Gasteiger partial charge on any atom is -0.497 e. The summed E-state index contributed by atoms with van der Waals surface area (Å²) in [6.45, 7) is 2.20. The van der Waals surface area contributed by atoms with Crippen LogP contribution in [0.1, 0.15) is 18.4 Å². The minimum absolute atomic E-state index is 0.0498. The molecule has 1 unspecified atom stereocenters. The van der Waals surface area contributed by atoms with Gasteiger partial charge in [0, 0.05) is 5.92 Å². The van der Waals surface area contributed by atoms with Crippen molar-refractivity contribution in [1.82, 2.24) is 0 Å². The molecule has 2 rings (SSSR count). The second kappa shape index (κ2) is 6.48. The molecule has 1 aromatic rings. The van der Waals surface area contributed by atoms with Crippen molar-refractivity contribution < 1.29 is 14.3 Å². The molecule has 4 heteroatoms.